The number of aromatic nitrogens is 2. The molecule has 2 atom stereocenters. The molecule has 0 radical (unpaired) electrons. The third-order valence-corrected chi connectivity index (χ3v) is 3.89. The predicted octanol–water partition coefficient (Wildman–Crippen LogP) is 0.810. The van der Waals surface area contributed by atoms with Crippen LogP contribution in [0.1, 0.15) is 30.7 Å². The molecule has 1 aliphatic carbocycles. The largest absolute Gasteiger partial charge is 0.376 e. The Morgan fingerprint density at radius 1 is 1.56 bits per heavy atom. The Kier molecular flexibility index (Phi) is 3.32. The van der Waals surface area contributed by atoms with E-state index in [1.165, 1.54) is 0 Å². The predicted molar refractivity (Wildman–Crippen MR) is 66.1 cm³/mol. The van der Waals surface area contributed by atoms with Crippen LogP contribution in [0.15, 0.2) is 6.33 Å². The minimum absolute atomic E-state index is 0.0827. The number of carbonyl (C=O) groups is 1. The Balaban J connectivity index is 1.51. The highest BCUT2D eigenvalue weighted by atomic mass is 16.5. The van der Waals surface area contributed by atoms with E-state index in [9.17, 15) is 4.79 Å². The van der Waals surface area contributed by atoms with E-state index in [0.29, 0.717) is 6.54 Å². The number of nitrogens with zero attached hydrogens (tertiary/aromatic N) is 1. The van der Waals surface area contributed by atoms with Crippen molar-refractivity contribution in [1.82, 2.24) is 15.3 Å². The minimum Gasteiger partial charge on any atom is -0.376 e. The third-order valence-electron chi connectivity index (χ3n) is 3.89. The second-order valence-electron chi connectivity index (χ2n) is 5.15. The van der Waals surface area contributed by atoms with Gasteiger partial charge in [0.15, 0.2) is 0 Å². The van der Waals surface area contributed by atoms with Gasteiger partial charge in [-0.2, -0.15) is 0 Å². The van der Waals surface area contributed by atoms with Gasteiger partial charge in [-0.25, -0.2) is 4.98 Å². The lowest BCUT2D eigenvalue weighted by Crippen LogP contribution is -2.38. The molecule has 2 heterocycles. The molecule has 3 rings (SSSR count). The van der Waals surface area contributed by atoms with Gasteiger partial charge in [0.25, 0.3) is 0 Å². The number of aromatic amines is 1. The number of rotatable bonds is 3. The minimum atomic E-state index is 0.0827. The summed E-state index contributed by atoms with van der Waals surface area (Å²) in [5, 5.41) is 3.02. The van der Waals surface area contributed by atoms with Gasteiger partial charge in [-0.05, 0) is 25.7 Å². The van der Waals surface area contributed by atoms with Crippen molar-refractivity contribution in [2.24, 2.45) is 5.92 Å². The van der Waals surface area contributed by atoms with Gasteiger partial charge in [0.1, 0.15) is 0 Å². The Hall–Kier alpha value is -1.36. The van der Waals surface area contributed by atoms with Gasteiger partial charge in [0, 0.05) is 31.2 Å². The van der Waals surface area contributed by atoms with Gasteiger partial charge in [-0.3, -0.25) is 4.79 Å². The SMILES string of the molecule is O=C(NC[C@@H]1CCCO1)[C@H]1CCc2nc[nH]c2C1. The lowest BCUT2D eigenvalue weighted by Gasteiger charge is -2.21. The first-order valence-corrected chi connectivity index (χ1v) is 6.73. The third kappa shape index (κ3) is 2.41. The highest BCUT2D eigenvalue weighted by molar-refractivity contribution is 5.79. The average molecular weight is 249 g/mol. The molecule has 1 aliphatic heterocycles. The van der Waals surface area contributed by atoms with Crippen LogP contribution in [0.4, 0.5) is 0 Å². The van der Waals surface area contributed by atoms with Crippen molar-refractivity contribution in [2.45, 2.75) is 38.2 Å². The molecule has 0 spiro atoms. The van der Waals surface area contributed by atoms with E-state index in [2.05, 4.69) is 15.3 Å². The summed E-state index contributed by atoms with van der Waals surface area (Å²) in [4.78, 5) is 19.5. The van der Waals surface area contributed by atoms with E-state index in [1.807, 2.05) is 0 Å². The maximum atomic E-state index is 12.1. The van der Waals surface area contributed by atoms with Crippen LogP contribution < -0.4 is 5.32 Å². The molecule has 0 saturated carbocycles. The maximum absolute atomic E-state index is 12.1. The molecule has 1 aromatic heterocycles. The first kappa shape index (κ1) is 11.7. The highest BCUT2D eigenvalue weighted by Crippen LogP contribution is 2.23. The molecule has 0 unspecified atom stereocenters. The number of H-pyrrole nitrogens is 1. The summed E-state index contributed by atoms with van der Waals surface area (Å²) in [6, 6.07) is 0. The molecular weight excluding hydrogens is 230 g/mol. The summed E-state index contributed by atoms with van der Waals surface area (Å²) < 4.78 is 5.50. The zero-order valence-electron chi connectivity index (χ0n) is 10.4. The number of nitrogens with one attached hydrogen (secondary N) is 2. The Bertz CT molecular complexity index is 424. The first-order valence-electron chi connectivity index (χ1n) is 6.73. The molecule has 5 heteroatoms. The second-order valence-corrected chi connectivity index (χ2v) is 5.15. The fourth-order valence-electron chi connectivity index (χ4n) is 2.79. The molecule has 1 amide bonds. The van der Waals surface area contributed by atoms with Gasteiger partial charge >= 0.3 is 0 Å². The van der Waals surface area contributed by atoms with Crippen LogP contribution in [-0.4, -0.2) is 35.1 Å². The van der Waals surface area contributed by atoms with Gasteiger partial charge in [-0.15, -0.1) is 0 Å². The van der Waals surface area contributed by atoms with Crippen LogP contribution in [0.25, 0.3) is 0 Å². The summed E-state index contributed by atoms with van der Waals surface area (Å²) in [6.07, 6.45) is 6.70. The van der Waals surface area contributed by atoms with Crippen molar-refractivity contribution in [2.75, 3.05) is 13.2 Å². The highest BCUT2D eigenvalue weighted by Gasteiger charge is 2.26. The second kappa shape index (κ2) is 5.10. The van der Waals surface area contributed by atoms with Crippen molar-refractivity contribution < 1.29 is 9.53 Å². The number of imidazole rings is 1. The molecule has 1 fully saturated rings. The Labute approximate surface area is 106 Å². The van der Waals surface area contributed by atoms with E-state index in [0.717, 1.165) is 50.1 Å². The number of aryl methyl sites for hydroxylation is 1. The lowest BCUT2D eigenvalue weighted by molar-refractivity contribution is -0.125. The van der Waals surface area contributed by atoms with Crippen molar-refractivity contribution in [3.63, 3.8) is 0 Å². The molecule has 2 aliphatic rings. The number of amides is 1. The Morgan fingerprint density at radius 2 is 2.50 bits per heavy atom. The van der Waals surface area contributed by atoms with Gasteiger partial charge < -0.3 is 15.0 Å². The van der Waals surface area contributed by atoms with Crippen molar-refractivity contribution in [3.8, 4) is 0 Å². The molecule has 1 aromatic rings. The van der Waals surface area contributed by atoms with Crippen LogP contribution >= 0.6 is 0 Å². The molecule has 0 bridgehead atoms. The fraction of sp³-hybridized carbons (Fsp3) is 0.692. The zero-order valence-corrected chi connectivity index (χ0v) is 10.4. The molecule has 0 aromatic carbocycles. The molecular formula is C13H19N3O2. The summed E-state index contributed by atoms with van der Waals surface area (Å²) in [5.74, 6) is 0.241. The van der Waals surface area contributed by atoms with E-state index in [4.69, 9.17) is 4.74 Å². The quantitative estimate of drug-likeness (QED) is 0.833. The van der Waals surface area contributed by atoms with Crippen LogP contribution in [0.2, 0.25) is 0 Å². The number of ether oxygens (including phenoxy) is 1. The van der Waals surface area contributed by atoms with Crippen molar-refractivity contribution in [1.29, 1.82) is 0 Å². The summed E-state index contributed by atoms with van der Waals surface area (Å²) in [7, 11) is 0. The van der Waals surface area contributed by atoms with Gasteiger partial charge in [-0.1, -0.05) is 0 Å². The van der Waals surface area contributed by atoms with Gasteiger partial charge in [0.2, 0.25) is 5.91 Å². The zero-order chi connectivity index (χ0) is 12.4. The molecule has 1 saturated heterocycles. The van der Waals surface area contributed by atoms with Crippen molar-refractivity contribution in [3.05, 3.63) is 17.7 Å². The Morgan fingerprint density at radius 3 is 3.33 bits per heavy atom. The van der Waals surface area contributed by atoms with E-state index in [1.54, 1.807) is 6.33 Å². The number of hydrogen-bond donors (Lipinski definition) is 2. The number of hydrogen-bond acceptors (Lipinski definition) is 3. The fourth-order valence-corrected chi connectivity index (χ4v) is 2.79. The monoisotopic (exact) mass is 249 g/mol. The molecule has 18 heavy (non-hydrogen) atoms. The van der Waals surface area contributed by atoms with Crippen LogP contribution in [-0.2, 0) is 22.4 Å². The summed E-state index contributed by atoms with van der Waals surface area (Å²) in [6.45, 7) is 1.49. The molecule has 2 N–H and O–H groups in total. The normalized spacial score (nSPS) is 26.9. The summed E-state index contributed by atoms with van der Waals surface area (Å²) in [5.41, 5.74) is 2.25. The number of carbonyl (C=O) groups excluding carboxylic acids is 1. The van der Waals surface area contributed by atoms with Gasteiger partial charge in [0.05, 0.1) is 18.1 Å². The van der Waals surface area contributed by atoms with Crippen molar-refractivity contribution >= 4 is 5.91 Å². The molecule has 5 nitrogen and oxygen atoms in total. The standard InChI is InChI=1S/C13H19N3O2/c17-13(14-7-10-2-1-5-18-10)9-3-4-11-12(6-9)16-8-15-11/h8-10H,1-7H2,(H,14,17)(H,15,16)/t9-,10-/m0/s1. The van der Waals surface area contributed by atoms with Crippen LogP contribution in [0.3, 0.4) is 0 Å². The topological polar surface area (TPSA) is 67.0 Å². The van der Waals surface area contributed by atoms with E-state index < -0.39 is 0 Å². The summed E-state index contributed by atoms with van der Waals surface area (Å²) >= 11 is 0. The van der Waals surface area contributed by atoms with Crippen LogP contribution in [0, 0.1) is 5.92 Å². The average Bonchev–Trinajstić information content (AvgIpc) is 3.05. The number of fused-ring (bicyclic) bond motifs is 1. The lowest BCUT2D eigenvalue weighted by atomic mass is 9.89. The first-order chi connectivity index (χ1) is 8.83. The molecule has 98 valence electrons. The van der Waals surface area contributed by atoms with E-state index >= 15 is 0 Å². The smallest absolute Gasteiger partial charge is 0.223 e. The van der Waals surface area contributed by atoms with Crippen LogP contribution in [0.5, 0.6) is 0 Å². The maximum Gasteiger partial charge on any atom is 0.223 e. The van der Waals surface area contributed by atoms with E-state index in [-0.39, 0.29) is 17.9 Å².